The fourth-order valence-corrected chi connectivity index (χ4v) is 6.85. The number of fused-ring (bicyclic) bond motifs is 3. The average Bonchev–Trinajstić information content (AvgIpc) is 3.85. The molecule has 0 aromatic heterocycles. The molecular formula is C39H51F2N7O9. The molecule has 310 valence electrons. The molecule has 0 radical (unpaired) electrons. The number of hydrogen-bond acceptors (Lipinski definition) is 9. The van der Waals surface area contributed by atoms with E-state index in [1.54, 1.807) is 32.9 Å². The first-order chi connectivity index (χ1) is 27.0. The number of carbonyl (C=O) groups excluding carboxylic acids is 7. The number of amides is 7. The van der Waals surface area contributed by atoms with E-state index in [4.69, 9.17) is 15.2 Å². The Balaban J connectivity index is 0.000000245. The summed E-state index contributed by atoms with van der Waals surface area (Å²) in [6.45, 7) is 8.04. The second kappa shape index (κ2) is 20.5. The van der Waals surface area contributed by atoms with Gasteiger partial charge < -0.3 is 45.9 Å². The van der Waals surface area contributed by atoms with Gasteiger partial charge in [0.05, 0.1) is 26.2 Å². The van der Waals surface area contributed by atoms with Gasteiger partial charge in [0.25, 0.3) is 0 Å². The van der Waals surface area contributed by atoms with E-state index in [1.165, 1.54) is 26.8 Å². The third-order valence-corrected chi connectivity index (χ3v) is 9.63. The second-order valence-corrected chi connectivity index (χ2v) is 14.3. The number of ether oxygens (including phenoxy) is 2. The SMILES string of the molecule is CC1CC(=O)N2CCCC2C(=O)N2CCOCC2C(=O)NC(C)C(=O)N2CCCC2C(=O)O1.Cc1cc(F)cc(F)c1.Cc1ccc(NC(=O)NCC(N)=O)cc1. The predicted octanol–water partition coefficient (Wildman–Crippen LogP) is 1.91. The Morgan fingerprint density at radius 3 is 2.07 bits per heavy atom. The highest BCUT2D eigenvalue weighted by Gasteiger charge is 2.44. The Bertz CT molecular complexity index is 1750. The highest BCUT2D eigenvalue weighted by molar-refractivity contribution is 5.96. The fourth-order valence-electron chi connectivity index (χ4n) is 6.85. The standard InChI is InChI=1S/C22H32N4O7.C10H13N3O2.C7H6F2/c1-13-11-18(27)24-7-3-5-15(24)21(30)26-9-10-32-12-17(26)19(28)23-14(2)20(29)25-8-4-6-16(25)22(31)33-13;1-7-2-4-8(5-3-7)13-10(15)12-6-9(11)14;1-5-2-6(8)4-7(9)3-5/h13-17H,3-12H2,1-2H3,(H,23,28);2-5H,6H2,1H3,(H2,11,14)(H2,12,13,15);2-4H,1H3. The Morgan fingerprint density at radius 2 is 1.44 bits per heavy atom. The topological polar surface area (TPSA) is 210 Å². The van der Waals surface area contributed by atoms with E-state index in [9.17, 15) is 42.3 Å². The molecule has 0 spiro atoms. The molecule has 4 heterocycles. The molecule has 7 amide bonds. The number of aryl methyl sites for hydroxylation is 2. The van der Waals surface area contributed by atoms with Crippen molar-refractivity contribution in [1.29, 1.82) is 0 Å². The number of urea groups is 1. The van der Waals surface area contributed by atoms with E-state index >= 15 is 0 Å². The van der Waals surface area contributed by atoms with Crippen LogP contribution in [0.15, 0.2) is 42.5 Å². The molecule has 57 heavy (non-hydrogen) atoms. The van der Waals surface area contributed by atoms with Crippen LogP contribution >= 0.6 is 0 Å². The van der Waals surface area contributed by atoms with Gasteiger partial charge in [0, 0.05) is 31.4 Å². The lowest BCUT2D eigenvalue weighted by Crippen LogP contribution is -2.62. The molecule has 0 saturated carbocycles. The lowest BCUT2D eigenvalue weighted by Gasteiger charge is -2.38. The zero-order valence-corrected chi connectivity index (χ0v) is 32.6. The van der Waals surface area contributed by atoms with Crippen LogP contribution in [0.2, 0.25) is 0 Å². The van der Waals surface area contributed by atoms with Crippen LogP contribution < -0.4 is 21.7 Å². The van der Waals surface area contributed by atoms with Crippen molar-refractivity contribution in [3.63, 3.8) is 0 Å². The molecule has 2 aromatic carbocycles. The number of primary amides is 1. The zero-order valence-electron chi connectivity index (χ0n) is 32.6. The van der Waals surface area contributed by atoms with Gasteiger partial charge in [-0.1, -0.05) is 17.7 Å². The summed E-state index contributed by atoms with van der Waals surface area (Å²) in [4.78, 5) is 91.3. The summed E-state index contributed by atoms with van der Waals surface area (Å²) in [5.74, 6) is -3.59. The van der Waals surface area contributed by atoms with Crippen LogP contribution in [-0.4, -0.2) is 126 Å². The third-order valence-electron chi connectivity index (χ3n) is 9.63. The van der Waals surface area contributed by atoms with Crippen molar-refractivity contribution >= 4 is 47.2 Å². The molecule has 4 fully saturated rings. The van der Waals surface area contributed by atoms with Gasteiger partial charge in [-0.15, -0.1) is 0 Å². The predicted molar refractivity (Wildman–Crippen MR) is 202 cm³/mol. The normalized spacial score (nSPS) is 24.0. The smallest absolute Gasteiger partial charge is 0.329 e. The molecular weight excluding hydrogens is 748 g/mol. The lowest BCUT2D eigenvalue weighted by atomic mass is 10.1. The summed E-state index contributed by atoms with van der Waals surface area (Å²) in [7, 11) is 0. The van der Waals surface area contributed by atoms with Crippen molar-refractivity contribution < 1.29 is 51.8 Å². The Hall–Kier alpha value is -5.65. The molecule has 4 aliphatic rings. The number of cyclic esters (lactones) is 1. The molecule has 6 rings (SSSR count). The van der Waals surface area contributed by atoms with Gasteiger partial charge in [0.1, 0.15) is 41.9 Å². The van der Waals surface area contributed by atoms with Crippen LogP contribution in [0.5, 0.6) is 0 Å². The Morgan fingerprint density at radius 1 is 0.825 bits per heavy atom. The first-order valence-electron chi connectivity index (χ1n) is 18.9. The first kappa shape index (κ1) is 44.1. The van der Waals surface area contributed by atoms with Crippen LogP contribution in [0.25, 0.3) is 0 Å². The van der Waals surface area contributed by atoms with Gasteiger partial charge in [-0.3, -0.25) is 24.0 Å². The summed E-state index contributed by atoms with van der Waals surface area (Å²) in [6, 6.07) is 7.12. The van der Waals surface area contributed by atoms with Crippen LogP contribution in [0, 0.1) is 25.5 Å². The van der Waals surface area contributed by atoms with Crippen molar-refractivity contribution in [3.05, 3.63) is 65.2 Å². The fraction of sp³-hybridized carbons (Fsp3) is 0.513. The molecule has 5 unspecified atom stereocenters. The first-order valence-corrected chi connectivity index (χ1v) is 18.9. The average molecular weight is 800 g/mol. The number of esters is 1. The van der Waals surface area contributed by atoms with Crippen LogP contribution in [0.4, 0.5) is 19.3 Å². The van der Waals surface area contributed by atoms with Gasteiger partial charge in [-0.2, -0.15) is 0 Å². The van der Waals surface area contributed by atoms with Gasteiger partial charge in [0.2, 0.25) is 29.5 Å². The second-order valence-electron chi connectivity index (χ2n) is 14.3. The number of halogens is 2. The van der Waals surface area contributed by atoms with E-state index in [2.05, 4.69) is 16.0 Å². The molecule has 18 heteroatoms. The third kappa shape index (κ3) is 12.7. The zero-order chi connectivity index (χ0) is 41.8. The highest BCUT2D eigenvalue weighted by Crippen LogP contribution is 2.25. The maximum Gasteiger partial charge on any atom is 0.329 e. The number of benzene rings is 2. The van der Waals surface area contributed by atoms with E-state index in [0.29, 0.717) is 56.6 Å². The van der Waals surface area contributed by atoms with E-state index < -0.39 is 65.7 Å². The van der Waals surface area contributed by atoms with Crippen molar-refractivity contribution in [3.8, 4) is 0 Å². The molecule has 0 aliphatic carbocycles. The number of carbonyl (C=O) groups is 7. The number of morpholine rings is 1. The minimum atomic E-state index is -0.884. The Labute approximate surface area is 329 Å². The van der Waals surface area contributed by atoms with Crippen molar-refractivity contribution in [2.45, 2.75) is 90.1 Å². The van der Waals surface area contributed by atoms with Gasteiger partial charge in [-0.05, 0) is 83.2 Å². The summed E-state index contributed by atoms with van der Waals surface area (Å²) in [5, 5.41) is 7.59. The summed E-state index contributed by atoms with van der Waals surface area (Å²) >= 11 is 0. The molecule has 2 aromatic rings. The summed E-state index contributed by atoms with van der Waals surface area (Å²) in [6.07, 6.45) is 1.59. The number of anilines is 1. The minimum Gasteiger partial charge on any atom is -0.461 e. The minimum absolute atomic E-state index is 0.0227. The molecule has 0 bridgehead atoms. The number of nitrogens with two attached hydrogens (primary N) is 1. The van der Waals surface area contributed by atoms with E-state index in [-0.39, 0.29) is 43.8 Å². The maximum absolute atomic E-state index is 13.4. The lowest BCUT2D eigenvalue weighted by molar-refractivity contribution is -0.161. The molecule has 4 aliphatic heterocycles. The number of nitrogens with one attached hydrogen (secondary N) is 3. The van der Waals surface area contributed by atoms with Gasteiger partial charge in [-0.25, -0.2) is 18.4 Å². The van der Waals surface area contributed by atoms with Crippen LogP contribution in [0.1, 0.15) is 57.1 Å². The number of nitrogens with zero attached hydrogens (tertiary/aromatic N) is 3. The Kier molecular flexibility index (Phi) is 15.8. The highest BCUT2D eigenvalue weighted by atomic mass is 19.1. The number of hydrogen-bond donors (Lipinski definition) is 4. The van der Waals surface area contributed by atoms with Crippen molar-refractivity contribution in [1.82, 2.24) is 25.3 Å². The number of rotatable bonds is 3. The quantitative estimate of drug-likeness (QED) is 0.334. The monoisotopic (exact) mass is 799 g/mol. The van der Waals surface area contributed by atoms with Crippen LogP contribution in [-0.2, 0) is 38.2 Å². The van der Waals surface area contributed by atoms with E-state index in [0.717, 1.165) is 11.6 Å². The van der Waals surface area contributed by atoms with Crippen molar-refractivity contribution in [2.24, 2.45) is 5.73 Å². The molecule has 5 atom stereocenters. The summed E-state index contributed by atoms with van der Waals surface area (Å²) in [5.41, 5.74) is 7.26. The van der Waals surface area contributed by atoms with Crippen molar-refractivity contribution in [2.75, 3.05) is 44.7 Å². The van der Waals surface area contributed by atoms with Gasteiger partial charge in [0.15, 0.2) is 0 Å². The maximum atomic E-state index is 13.4. The van der Waals surface area contributed by atoms with Crippen LogP contribution in [0.3, 0.4) is 0 Å². The largest absolute Gasteiger partial charge is 0.461 e. The molecule has 4 saturated heterocycles. The molecule has 16 nitrogen and oxygen atoms in total. The molecule has 5 N–H and O–H groups in total. The summed E-state index contributed by atoms with van der Waals surface area (Å²) < 4.78 is 35.4. The van der Waals surface area contributed by atoms with Gasteiger partial charge >= 0.3 is 12.0 Å². The van der Waals surface area contributed by atoms with E-state index in [1.807, 2.05) is 19.1 Å².